The molecule has 0 atom stereocenters. The third-order valence-corrected chi connectivity index (χ3v) is 2.73. The molecule has 5 heteroatoms. The SMILES string of the molecule is CCCCCSC1=NC(=O)CC(=O)N1. The van der Waals surface area contributed by atoms with Gasteiger partial charge in [0.15, 0.2) is 5.17 Å². The summed E-state index contributed by atoms with van der Waals surface area (Å²) in [5, 5.41) is 3.04. The Hall–Kier alpha value is -0.840. The van der Waals surface area contributed by atoms with E-state index in [1.807, 2.05) is 0 Å². The number of nitrogens with one attached hydrogen (secondary N) is 1. The van der Waals surface area contributed by atoms with Crippen LogP contribution < -0.4 is 5.32 Å². The van der Waals surface area contributed by atoms with Gasteiger partial charge in [0.1, 0.15) is 6.42 Å². The van der Waals surface area contributed by atoms with Gasteiger partial charge in [-0.25, -0.2) is 0 Å². The van der Waals surface area contributed by atoms with Crippen LogP contribution in [-0.4, -0.2) is 22.7 Å². The second kappa shape index (κ2) is 5.80. The highest BCUT2D eigenvalue weighted by Gasteiger charge is 2.17. The Morgan fingerprint density at radius 2 is 2.21 bits per heavy atom. The summed E-state index contributed by atoms with van der Waals surface area (Å²) >= 11 is 1.44. The van der Waals surface area contributed by atoms with Gasteiger partial charge in [0.05, 0.1) is 0 Å². The van der Waals surface area contributed by atoms with Crippen molar-refractivity contribution in [2.24, 2.45) is 4.99 Å². The summed E-state index contributed by atoms with van der Waals surface area (Å²) in [6.45, 7) is 2.13. The van der Waals surface area contributed by atoms with Gasteiger partial charge in [-0.2, -0.15) is 4.99 Å². The molecule has 0 spiro atoms. The lowest BCUT2D eigenvalue weighted by Crippen LogP contribution is -2.35. The largest absolute Gasteiger partial charge is 0.305 e. The number of nitrogens with zero attached hydrogens (tertiary/aromatic N) is 1. The maximum absolute atomic E-state index is 10.9. The molecule has 0 unspecified atom stereocenters. The van der Waals surface area contributed by atoms with Crippen molar-refractivity contribution in [3.05, 3.63) is 0 Å². The molecule has 1 N–H and O–H groups in total. The fourth-order valence-corrected chi connectivity index (χ4v) is 1.96. The highest BCUT2D eigenvalue weighted by Crippen LogP contribution is 2.10. The second-order valence-corrected chi connectivity index (χ2v) is 4.17. The van der Waals surface area contributed by atoms with Crippen LogP contribution in [0.1, 0.15) is 32.6 Å². The van der Waals surface area contributed by atoms with Crippen molar-refractivity contribution in [2.75, 3.05) is 5.75 Å². The molecule has 78 valence electrons. The molecule has 0 aromatic carbocycles. The van der Waals surface area contributed by atoms with Crippen LogP contribution in [0.5, 0.6) is 0 Å². The molecule has 0 aliphatic carbocycles. The Bertz CT molecular complexity index is 264. The first kappa shape index (κ1) is 11.2. The number of hydrogen-bond donors (Lipinski definition) is 1. The van der Waals surface area contributed by atoms with Crippen molar-refractivity contribution in [2.45, 2.75) is 32.6 Å². The molecule has 0 aromatic heterocycles. The average molecular weight is 214 g/mol. The van der Waals surface area contributed by atoms with Crippen molar-refractivity contribution in [1.29, 1.82) is 0 Å². The number of amidine groups is 1. The van der Waals surface area contributed by atoms with Gasteiger partial charge in [-0.3, -0.25) is 9.59 Å². The van der Waals surface area contributed by atoms with E-state index in [1.54, 1.807) is 0 Å². The summed E-state index contributed by atoms with van der Waals surface area (Å²) in [6.07, 6.45) is 3.31. The average Bonchev–Trinajstić information content (AvgIpc) is 2.11. The van der Waals surface area contributed by atoms with Gasteiger partial charge in [-0.05, 0) is 6.42 Å². The summed E-state index contributed by atoms with van der Waals surface area (Å²) in [5.41, 5.74) is 0. The van der Waals surface area contributed by atoms with Crippen LogP contribution in [0, 0.1) is 0 Å². The van der Waals surface area contributed by atoms with Gasteiger partial charge in [0, 0.05) is 5.75 Å². The monoisotopic (exact) mass is 214 g/mol. The molecule has 0 bridgehead atoms. The molecule has 0 fully saturated rings. The van der Waals surface area contributed by atoms with Crippen molar-refractivity contribution < 1.29 is 9.59 Å². The van der Waals surface area contributed by atoms with Crippen LogP contribution in [0.25, 0.3) is 0 Å². The lowest BCUT2D eigenvalue weighted by Gasteiger charge is -2.10. The van der Waals surface area contributed by atoms with E-state index in [9.17, 15) is 9.59 Å². The molecule has 1 heterocycles. The zero-order chi connectivity index (χ0) is 10.4. The second-order valence-electron chi connectivity index (χ2n) is 3.09. The van der Waals surface area contributed by atoms with Gasteiger partial charge in [0.25, 0.3) is 5.91 Å². The maximum atomic E-state index is 10.9. The van der Waals surface area contributed by atoms with Crippen LogP contribution in [0.2, 0.25) is 0 Å². The number of rotatable bonds is 4. The smallest absolute Gasteiger partial charge is 0.257 e. The van der Waals surface area contributed by atoms with Crippen LogP contribution in [0.3, 0.4) is 0 Å². The van der Waals surface area contributed by atoms with Crippen molar-refractivity contribution >= 4 is 28.7 Å². The minimum absolute atomic E-state index is 0.112. The van der Waals surface area contributed by atoms with E-state index in [1.165, 1.54) is 24.6 Å². The summed E-state index contributed by atoms with van der Waals surface area (Å²) < 4.78 is 0. The van der Waals surface area contributed by atoms with Gasteiger partial charge >= 0.3 is 0 Å². The Kier molecular flexibility index (Phi) is 4.65. The Morgan fingerprint density at radius 1 is 1.43 bits per heavy atom. The molecule has 1 rings (SSSR count). The molecule has 0 saturated carbocycles. The van der Waals surface area contributed by atoms with Crippen LogP contribution in [-0.2, 0) is 9.59 Å². The first-order valence-electron chi connectivity index (χ1n) is 4.76. The van der Waals surface area contributed by atoms with Gasteiger partial charge in [0.2, 0.25) is 5.91 Å². The third-order valence-electron chi connectivity index (χ3n) is 1.77. The fourth-order valence-electron chi connectivity index (χ4n) is 1.07. The number of carbonyl (C=O) groups excluding carboxylic acids is 2. The number of amides is 2. The standard InChI is InChI=1S/C9H14N2O2S/c1-2-3-4-5-14-9-10-7(12)6-8(13)11-9/h2-6H2,1H3,(H,10,11,12,13). The van der Waals surface area contributed by atoms with E-state index in [0.717, 1.165) is 12.2 Å². The minimum Gasteiger partial charge on any atom is -0.305 e. The Balaban J connectivity index is 2.29. The fraction of sp³-hybridized carbons (Fsp3) is 0.667. The molecule has 0 radical (unpaired) electrons. The topological polar surface area (TPSA) is 58.5 Å². The lowest BCUT2D eigenvalue weighted by atomic mass is 10.3. The molecule has 14 heavy (non-hydrogen) atoms. The van der Waals surface area contributed by atoms with Gasteiger partial charge in [-0.15, -0.1) is 0 Å². The zero-order valence-electron chi connectivity index (χ0n) is 8.21. The van der Waals surface area contributed by atoms with Crippen molar-refractivity contribution in [3.63, 3.8) is 0 Å². The lowest BCUT2D eigenvalue weighted by molar-refractivity contribution is -0.127. The molecule has 4 nitrogen and oxygen atoms in total. The number of unbranched alkanes of at least 4 members (excludes halogenated alkanes) is 2. The molecule has 1 aliphatic heterocycles. The predicted octanol–water partition coefficient (Wildman–Crippen LogP) is 1.31. The van der Waals surface area contributed by atoms with E-state index >= 15 is 0 Å². The van der Waals surface area contributed by atoms with E-state index in [4.69, 9.17) is 0 Å². The Labute approximate surface area is 87.5 Å². The zero-order valence-corrected chi connectivity index (χ0v) is 9.02. The number of thioether (sulfide) groups is 1. The van der Waals surface area contributed by atoms with Crippen LogP contribution in [0.15, 0.2) is 4.99 Å². The molecule has 0 saturated heterocycles. The highest BCUT2D eigenvalue weighted by atomic mass is 32.2. The molecule has 2 amide bonds. The minimum atomic E-state index is -0.341. The predicted molar refractivity (Wildman–Crippen MR) is 57.2 cm³/mol. The van der Waals surface area contributed by atoms with Gasteiger partial charge < -0.3 is 5.32 Å². The van der Waals surface area contributed by atoms with Crippen LogP contribution in [0.4, 0.5) is 0 Å². The van der Waals surface area contributed by atoms with Gasteiger partial charge in [-0.1, -0.05) is 31.5 Å². The summed E-state index contributed by atoms with van der Waals surface area (Å²) in [5.74, 6) is 0.315. The quantitative estimate of drug-likeness (QED) is 0.567. The van der Waals surface area contributed by atoms with Crippen LogP contribution >= 0.6 is 11.8 Å². The summed E-state index contributed by atoms with van der Waals surface area (Å²) in [7, 11) is 0. The van der Waals surface area contributed by atoms with E-state index in [-0.39, 0.29) is 18.2 Å². The van der Waals surface area contributed by atoms with E-state index in [0.29, 0.717) is 5.17 Å². The van der Waals surface area contributed by atoms with Crippen molar-refractivity contribution in [1.82, 2.24) is 5.32 Å². The van der Waals surface area contributed by atoms with E-state index in [2.05, 4.69) is 17.2 Å². The Morgan fingerprint density at radius 3 is 2.86 bits per heavy atom. The molecular formula is C9H14N2O2S. The summed E-state index contributed by atoms with van der Waals surface area (Å²) in [4.78, 5) is 25.6. The highest BCUT2D eigenvalue weighted by molar-refractivity contribution is 8.13. The first-order chi connectivity index (χ1) is 6.72. The molecule has 0 aromatic rings. The number of aliphatic imine (C=N–C) groups is 1. The maximum Gasteiger partial charge on any atom is 0.257 e. The summed E-state index contributed by atoms with van der Waals surface area (Å²) in [6, 6.07) is 0. The number of hydrogen-bond acceptors (Lipinski definition) is 3. The van der Waals surface area contributed by atoms with E-state index < -0.39 is 0 Å². The van der Waals surface area contributed by atoms with Crippen molar-refractivity contribution in [3.8, 4) is 0 Å². The normalized spacial score (nSPS) is 16.5. The number of carbonyl (C=O) groups is 2. The molecular weight excluding hydrogens is 200 g/mol. The molecule has 1 aliphatic rings. The first-order valence-corrected chi connectivity index (χ1v) is 5.75. The third kappa shape index (κ3) is 3.91.